The minimum Gasteiger partial charge on any atom is -0.478 e. The molecule has 0 spiro atoms. The summed E-state index contributed by atoms with van der Waals surface area (Å²) in [5.74, 6) is -1.04. The first kappa shape index (κ1) is 16.7. The van der Waals surface area contributed by atoms with Gasteiger partial charge in [-0.3, -0.25) is 4.79 Å². The van der Waals surface area contributed by atoms with Crippen LogP contribution in [0.1, 0.15) is 15.9 Å². The molecule has 0 amide bonds. The molecule has 0 saturated heterocycles. The van der Waals surface area contributed by atoms with Crippen molar-refractivity contribution in [1.82, 2.24) is 9.78 Å². The van der Waals surface area contributed by atoms with Crippen molar-refractivity contribution < 1.29 is 9.90 Å². The van der Waals surface area contributed by atoms with Gasteiger partial charge < -0.3 is 10.4 Å². The summed E-state index contributed by atoms with van der Waals surface area (Å²) in [4.78, 5) is 23.3. The zero-order valence-electron chi connectivity index (χ0n) is 13.0. The molecule has 1 heterocycles. The number of nitrogens with zero attached hydrogens (tertiary/aromatic N) is 2. The number of aromatic nitrogens is 2. The number of rotatable bonds is 5. The van der Waals surface area contributed by atoms with Crippen molar-refractivity contribution in [3.63, 3.8) is 0 Å². The van der Waals surface area contributed by atoms with E-state index < -0.39 is 11.5 Å². The number of hydrogen-bond acceptors (Lipinski definition) is 4. The molecule has 7 heteroatoms. The second-order valence-corrected chi connectivity index (χ2v) is 5.66. The molecule has 0 saturated carbocycles. The first-order valence-electron chi connectivity index (χ1n) is 7.45. The number of aromatic carboxylic acids is 1. The smallest absolute Gasteiger partial charge is 0.335 e. The second kappa shape index (κ2) is 7.19. The van der Waals surface area contributed by atoms with Gasteiger partial charge in [0.15, 0.2) is 0 Å². The maximum atomic E-state index is 12.4. The standard InChI is InChI=1S/C18H14ClN3O3/c19-16-15(20-10-12-4-2-1-3-5-12)11-21-22(17(16)23)14-8-6-13(7-9-14)18(24)25/h1-9,11,20H,10H2,(H,24,25). The van der Waals surface area contributed by atoms with E-state index >= 15 is 0 Å². The van der Waals surface area contributed by atoms with E-state index in [0.29, 0.717) is 17.9 Å². The van der Waals surface area contributed by atoms with E-state index in [1.165, 1.54) is 30.5 Å². The van der Waals surface area contributed by atoms with Crippen LogP contribution in [0.2, 0.25) is 5.02 Å². The van der Waals surface area contributed by atoms with Gasteiger partial charge in [0.2, 0.25) is 0 Å². The minimum absolute atomic E-state index is 0.0215. The Morgan fingerprint density at radius 3 is 2.44 bits per heavy atom. The Hall–Kier alpha value is -3.12. The highest BCUT2D eigenvalue weighted by Gasteiger charge is 2.11. The maximum Gasteiger partial charge on any atom is 0.335 e. The first-order valence-corrected chi connectivity index (χ1v) is 7.83. The summed E-state index contributed by atoms with van der Waals surface area (Å²) < 4.78 is 1.13. The normalized spacial score (nSPS) is 10.4. The topological polar surface area (TPSA) is 84.2 Å². The predicted octanol–water partition coefficient (Wildman–Crippen LogP) is 3.20. The van der Waals surface area contributed by atoms with Gasteiger partial charge in [-0.25, -0.2) is 4.79 Å². The molecule has 1 aromatic heterocycles. The van der Waals surface area contributed by atoms with Crippen LogP contribution in [-0.4, -0.2) is 20.9 Å². The third kappa shape index (κ3) is 3.70. The molecule has 0 radical (unpaired) electrons. The summed E-state index contributed by atoms with van der Waals surface area (Å²) >= 11 is 6.17. The lowest BCUT2D eigenvalue weighted by atomic mass is 10.2. The van der Waals surface area contributed by atoms with Gasteiger partial charge in [-0.15, -0.1) is 0 Å². The molecule has 25 heavy (non-hydrogen) atoms. The average Bonchev–Trinajstić information content (AvgIpc) is 2.64. The number of hydrogen-bond donors (Lipinski definition) is 2. The molecule has 0 aliphatic rings. The van der Waals surface area contributed by atoms with Gasteiger partial charge >= 0.3 is 5.97 Å². The largest absolute Gasteiger partial charge is 0.478 e. The highest BCUT2D eigenvalue weighted by molar-refractivity contribution is 6.32. The number of carboxylic acids is 1. The van der Waals surface area contributed by atoms with Crippen LogP contribution in [0.3, 0.4) is 0 Å². The minimum atomic E-state index is -1.04. The van der Waals surface area contributed by atoms with Gasteiger partial charge in [0, 0.05) is 6.54 Å². The number of carboxylic acid groups (broad SMARTS) is 1. The third-order valence-corrected chi connectivity index (χ3v) is 3.97. The van der Waals surface area contributed by atoms with E-state index in [4.69, 9.17) is 16.7 Å². The molecular weight excluding hydrogens is 342 g/mol. The lowest BCUT2D eigenvalue weighted by molar-refractivity contribution is 0.0697. The van der Waals surface area contributed by atoms with Crippen LogP contribution in [-0.2, 0) is 6.54 Å². The van der Waals surface area contributed by atoms with Crippen LogP contribution in [0, 0.1) is 0 Å². The van der Waals surface area contributed by atoms with Crippen LogP contribution in [0.25, 0.3) is 5.69 Å². The van der Waals surface area contributed by atoms with Crippen molar-refractivity contribution in [2.45, 2.75) is 6.54 Å². The van der Waals surface area contributed by atoms with Gasteiger partial charge in [-0.1, -0.05) is 41.9 Å². The first-order chi connectivity index (χ1) is 12.1. The van der Waals surface area contributed by atoms with Crippen molar-refractivity contribution in [1.29, 1.82) is 0 Å². The quantitative estimate of drug-likeness (QED) is 0.734. The van der Waals surface area contributed by atoms with Crippen molar-refractivity contribution >= 4 is 23.3 Å². The number of nitrogens with one attached hydrogen (secondary N) is 1. The zero-order valence-corrected chi connectivity index (χ0v) is 13.8. The Balaban J connectivity index is 1.85. The summed E-state index contributed by atoms with van der Waals surface area (Å²) in [6.45, 7) is 0.513. The van der Waals surface area contributed by atoms with Crippen LogP contribution >= 0.6 is 11.6 Å². The molecular formula is C18H14ClN3O3. The third-order valence-electron chi connectivity index (χ3n) is 3.60. The van der Waals surface area contributed by atoms with Crippen molar-refractivity contribution in [2.24, 2.45) is 0 Å². The van der Waals surface area contributed by atoms with Gasteiger partial charge in [0.25, 0.3) is 5.56 Å². The SMILES string of the molecule is O=C(O)c1ccc(-n2ncc(NCc3ccccc3)c(Cl)c2=O)cc1. The summed E-state index contributed by atoms with van der Waals surface area (Å²) in [6.07, 6.45) is 1.47. The molecule has 2 aromatic carbocycles. The number of anilines is 1. The number of benzene rings is 2. The van der Waals surface area contributed by atoms with E-state index in [1.54, 1.807) is 0 Å². The molecule has 0 aliphatic carbocycles. The van der Waals surface area contributed by atoms with Crippen molar-refractivity contribution in [3.05, 3.63) is 87.3 Å². The summed E-state index contributed by atoms with van der Waals surface area (Å²) in [5.41, 5.74) is 1.57. The molecule has 3 rings (SSSR count). The number of halogens is 1. The average molecular weight is 356 g/mol. The Morgan fingerprint density at radius 1 is 1.12 bits per heavy atom. The molecule has 2 N–H and O–H groups in total. The fourth-order valence-corrected chi connectivity index (χ4v) is 2.47. The lowest BCUT2D eigenvalue weighted by Crippen LogP contribution is -2.22. The summed E-state index contributed by atoms with van der Waals surface area (Å²) in [6, 6.07) is 15.5. The molecule has 6 nitrogen and oxygen atoms in total. The Bertz CT molecular complexity index is 954. The fraction of sp³-hybridized carbons (Fsp3) is 0.0556. The second-order valence-electron chi connectivity index (χ2n) is 5.28. The van der Waals surface area contributed by atoms with E-state index in [0.717, 1.165) is 10.2 Å². The molecule has 3 aromatic rings. The lowest BCUT2D eigenvalue weighted by Gasteiger charge is -2.10. The van der Waals surface area contributed by atoms with E-state index in [-0.39, 0.29) is 10.6 Å². The van der Waals surface area contributed by atoms with Crippen LogP contribution in [0.15, 0.2) is 65.6 Å². The van der Waals surface area contributed by atoms with E-state index in [1.807, 2.05) is 30.3 Å². The van der Waals surface area contributed by atoms with Crippen LogP contribution in [0.4, 0.5) is 5.69 Å². The molecule has 0 aliphatic heterocycles. The molecule has 0 bridgehead atoms. The Labute approximate surface area is 148 Å². The molecule has 0 atom stereocenters. The predicted molar refractivity (Wildman–Crippen MR) is 95.6 cm³/mol. The van der Waals surface area contributed by atoms with Gasteiger partial charge in [0.1, 0.15) is 5.02 Å². The molecule has 0 unspecified atom stereocenters. The Morgan fingerprint density at radius 2 is 1.80 bits per heavy atom. The van der Waals surface area contributed by atoms with Crippen LogP contribution < -0.4 is 10.9 Å². The van der Waals surface area contributed by atoms with Gasteiger partial charge in [0.05, 0.1) is 23.1 Å². The van der Waals surface area contributed by atoms with E-state index in [9.17, 15) is 9.59 Å². The van der Waals surface area contributed by atoms with Crippen LogP contribution in [0.5, 0.6) is 0 Å². The highest BCUT2D eigenvalue weighted by atomic mass is 35.5. The summed E-state index contributed by atoms with van der Waals surface area (Å²) in [7, 11) is 0. The zero-order chi connectivity index (χ0) is 17.8. The van der Waals surface area contributed by atoms with Crippen molar-refractivity contribution in [2.75, 3.05) is 5.32 Å². The summed E-state index contributed by atoms with van der Waals surface area (Å²) in [5, 5.41) is 16.1. The fourth-order valence-electron chi connectivity index (χ4n) is 2.28. The van der Waals surface area contributed by atoms with Gasteiger partial charge in [-0.05, 0) is 29.8 Å². The Kier molecular flexibility index (Phi) is 4.81. The number of carbonyl (C=O) groups is 1. The highest BCUT2D eigenvalue weighted by Crippen LogP contribution is 2.18. The molecule has 0 fully saturated rings. The van der Waals surface area contributed by atoms with E-state index in [2.05, 4.69) is 10.4 Å². The van der Waals surface area contributed by atoms with Crippen molar-refractivity contribution in [3.8, 4) is 5.69 Å². The van der Waals surface area contributed by atoms with Gasteiger partial charge in [-0.2, -0.15) is 9.78 Å². The molecule has 126 valence electrons. The monoisotopic (exact) mass is 355 g/mol. The maximum absolute atomic E-state index is 12.4.